The van der Waals surface area contributed by atoms with Crippen molar-refractivity contribution >= 4 is 22.7 Å². The first-order valence-electron chi connectivity index (χ1n) is 9.23. The molecule has 1 atom stereocenters. The standard InChI is InChI=1S/C21H24FN3OS/c1-2-8-19(26)25-21(13-7-14-23,17-10-4-3-5-11-17)27-20(24-25)16-9-6-12-18(22)15-16/h3-6,9-12,15H,2,7-8,13-14,23H2,1H3. The predicted molar refractivity (Wildman–Crippen MR) is 109 cm³/mol. The average Bonchev–Trinajstić information content (AvgIpc) is 3.08. The monoisotopic (exact) mass is 385 g/mol. The minimum Gasteiger partial charge on any atom is -0.330 e. The fourth-order valence-corrected chi connectivity index (χ4v) is 4.65. The fraction of sp³-hybridized carbons (Fsp3) is 0.333. The Kier molecular flexibility index (Phi) is 6.29. The van der Waals surface area contributed by atoms with Gasteiger partial charge in [-0.2, -0.15) is 5.10 Å². The fourth-order valence-electron chi connectivity index (χ4n) is 3.23. The van der Waals surface area contributed by atoms with Gasteiger partial charge in [-0.1, -0.05) is 61.2 Å². The maximum Gasteiger partial charge on any atom is 0.244 e. The molecular weight excluding hydrogens is 361 g/mol. The summed E-state index contributed by atoms with van der Waals surface area (Å²) < 4.78 is 13.8. The molecule has 1 amide bonds. The Hall–Kier alpha value is -2.18. The lowest BCUT2D eigenvalue weighted by molar-refractivity contribution is -0.134. The van der Waals surface area contributed by atoms with Gasteiger partial charge in [-0.3, -0.25) is 4.79 Å². The Morgan fingerprint density at radius 1 is 1.22 bits per heavy atom. The van der Waals surface area contributed by atoms with Crippen molar-refractivity contribution in [3.8, 4) is 0 Å². The molecule has 2 aromatic rings. The quantitative estimate of drug-likeness (QED) is 0.766. The summed E-state index contributed by atoms with van der Waals surface area (Å²) in [4.78, 5) is 12.3. The second-order valence-electron chi connectivity index (χ2n) is 6.52. The topological polar surface area (TPSA) is 58.7 Å². The number of hydrazone groups is 1. The number of rotatable bonds is 7. The molecule has 27 heavy (non-hydrogen) atoms. The molecule has 142 valence electrons. The van der Waals surface area contributed by atoms with Crippen molar-refractivity contribution in [1.82, 2.24) is 5.01 Å². The number of carbonyl (C=O) groups is 1. The Morgan fingerprint density at radius 2 is 2.00 bits per heavy atom. The molecular formula is C21H24FN3OS. The lowest BCUT2D eigenvalue weighted by atomic mass is 10.00. The number of nitrogens with zero attached hydrogens (tertiary/aromatic N) is 2. The summed E-state index contributed by atoms with van der Waals surface area (Å²) in [5.41, 5.74) is 7.47. The molecule has 0 saturated carbocycles. The van der Waals surface area contributed by atoms with Crippen LogP contribution in [-0.4, -0.2) is 22.5 Å². The van der Waals surface area contributed by atoms with Gasteiger partial charge in [0.25, 0.3) is 0 Å². The summed E-state index contributed by atoms with van der Waals surface area (Å²) in [5, 5.41) is 6.91. The first-order chi connectivity index (χ1) is 13.1. The molecule has 4 nitrogen and oxygen atoms in total. The van der Waals surface area contributed by atoms with Crippen LogP contribution in [0.5, 0.6) is 0 Å². The van der Waals surface area contributed by atoms with E-state index in [1.807, 2.05) is 43.3 Å². The number of hydrogen-bond donors (Lipinski definition) is 1. The summed E-state index contributed by atoms with van der Waals surface area (Å²) in [6, 6.07) is 16.2. The zero-order valence-electron chi connectivity index (χ0n) is 15.4. The molecule has 3 rings (SSSR count). The maximum absolute atomic E-state index is 13.8. The van der Waals surface area contributed by atoms with Crippen LogP contribution in [0.25, 0.3) is 0 Å². The number of halogens is 1. The van der Waals surface area contributed by atoms with Gasteiger partial charge in [-0.15, -0.1) is 0 Å². The van der Waals surface area contributed by atoms with Gasteiger partial charge in [0.05, 0.1) is 0 Å². The number of amides is 1. The number of hydrogen-bond acceptors (Lipinski definition) is 4. The molecule has 2 aromatic carbocycles. The molecule has 0 saturated heterocycles. The highest BCUT2D eigenvalue weighted by atomic mass is 32.2. The van der Waals surface area contributed by atoms with Crippen molar-refractivity contribution in [2.45, 2.75) is 37.5 Å². The van der Waals surface area contributed by atoms with Gasteiger partial charge < -0.3 is 5.73 Å². The minimum atomic E-state index is -0.658. The van der Waals surface area contributed by atoms with Crippen molar-refractivity contribution in [2.75, 3.05) is 6.54 Å². The summed E-state index contributed by atoms with van der Waals surface area (Å²) >= 11 is 1.51. The molecule has 0 aromatic heterocycles. The van der Waals surface area contributed by atoms with Crippen LogP contribution < -0.4 is 5.73 Å². The normalized spacial score (nSPS) is 19.2. The van der Waals surface area contributed by atoms with E-state index in [9.17, 15) is 9.18 Å². The zero-order valence-corrected chi connectivity index (χ0v) is 16.2. The summed E-state index contributed by atoms with van der Waals surface area (Å²) in [7, 11) is 0. The Balaban J connectivity index is 2.08. The van der Waals surface area contributed by atoms with Gasteiger partial charge in [0.2, 0.25) is 5.91 Å². The van der Waals surface area contributed by atoms with E-state index < -0.39 is 4.87 Å². The minimum absolute atomic E-state index is 0.0303. The summed E-state index contributed by atoms with van der Waals surface area (Å²) in [5.74, 6) is -0.348. The molecule has 0 spiro atoms. The maximum atomic E-state index is 13.8. The molecule has 1 heterocycles. The Morgan fingerprint density at radius 3 is 2.67 bits per heavy atom. The number of carbonyl (C=O) groups excluding carboxylic acids is 1. The third-order valence-electron chi connectivity index (χ3n) is 4.51. The molecule has 6 heteroatoms. The largest absolute Gasteiger partial charge is 0.330 e. The Bertz CT molecular complexity index is 827. The van der Waals surface area contributed by atoms with Gasteiger partial charge in [-0.25, -0.2) is 9.40 Å². The highest BCUT2D eigenvalue weighted by molar-refractivity contribution is 8.15. The lowest BCUT2D eigenvalue weighted by Gasteiger charge is -2.36. The van der Waals surface area contributed by atoms with Crippen molar-refractivity contribution in [3.63, 3.8) is 0 Å². The van der Waals surface area contributed by atoms with E-state index in [2.05, 4.69) is 5.10 Å². The molecule has 0 aliphatic carbocycles. The van der Waals surface area contributed by atoms with Crippen molar-refractivity contribution < 1.29 is 9.18 Å². The van der Waals surface area contributed by atoms with Gasteiger partial charge in [0.1, 0.15) is 15.7 Å². The molecule has 1 aliphatic heterocycles. The van der Waals surface area contributed by atoms with Crippen LogP contribution in [0.3, 0.4) is 0 Å². The highest BCUT2D eigenvalue weighted by Crippen LogP contribution is 2.50. The van der Waals surface area contributed by atoms with Crippen LogP contribution in [0.2, 0.25) is 0 Å². The van der Waals surface area contributed by atoms with Crippen LogP contribution in [-0.2, 0) is 9.67 Å². The van der Waals surface area contributed by atoms with E-state index in [4.69, 9.17) is 5.73 Å². The Labute approximate surface area is 163 Å². The highest BCUT2D eigenvalue weighted by Gasteiger charge is 2.47. The van der Waals surface area contributed by atoms with Crippen LogP contribution in [0, 0.1) is 5.82 Å². The molecule has 2 N–H and O–H groups in total. The molecule has 1 unspecified atom stereocenters. The third-order valence-corrected chi connectivity index (χ3v) is 5.98. The smallest absolute Gasteiger partial charge is 0.244 e. The molecule has 0 radical (unpaired) electrons. The number of nitrogens with two attached hydrogens (primary N) is 1. The first kappa shape index (κ1) is 19.6. The van der Waals surface area contributed by atoms with Crippen LogP contribution >= 0.6 is 11.8 Å². The third kappa shape index (κ3) is 4.06. The average molecular weight is 386 g/mol. The van der Waals surface area contributed by atoms with Crippen molar-refractivity contribution in [1.29, 1.82) is 0 Å². The van der Waals surface area contributed by atoms with Crippen LogP contribution in [0.1, 0.15) is 43.7 Å². The van der Waals surface area contributed by atoms with E-state index in [-0.39, 0.29) is 11.7 Å². The van der Waals surface area contributed by atoms with E-state index >= 15 is 0 Å². The van der Waals surface area contributed by atoms with E-state index in [0.717, 1.165) is 18.4 Å². The van der Waals surface area contributed by atoms with Crippen LogP contribution in [0.4, 0.5) is 4.39 Å². The summed E-state index contributed by atoms with van der Waals surface area (Å²) in [6.07, 6.45) is 2.59. The zero-order chi connectivity index (χ0) is 19.3. The van der Waals surface area contributed by atoms with Gasteiger partial charge in [0.15, 0.2) is 0 Å². The second-order valence-corrected chi connectivity index (χ2v) is 7.78. The van der Waals surface area contributed by atoms with Crippen LogP contribution in [0.15, 0.2) is 59.7 Å². The number of benzene rings is 2. The number of thioether (sulfide) groups is 1. The van der Waals surface area contributed by atoms with E-state index in [1.165, 1.54) is 23.9 Å². The van der Waals surface area contributed by atoms with Crippen molar-refractivity contribution in [2.24, 2.45) is 10.8 Å². The lowest BCUT2D eigenvalue weighted by Crippen LogP contribution is -2.41. The molecule has 0 fully saturated rings. The van der Waals surface area contributed by atoms with Gasteiger partial charge in [0, 0.05) is 12.0 Å². The molecule has 1 aliphatic rings. The van der Waals surface area contributed by atoms with Gasteiger partial charge >= 0.3 is 0 Å². The van der Waals surface area contributed by atoms with Crippen molar-refractivity contribution in [3.05, 3.63) is 71.5 Å². The second kappa shape index (κ2) is 8.67. The summed E-state index contributed by atoms with van der Waals surface area (Å²) in [6.45, 7) is 2.50. The van der Waals surface area contributed by atoms with Gasteiger partial charge in [-0.05, 0) is 43.5 Å². The van der Waals surface area contributed by atoms with E-state index in [1.54, 1.807) is 11.1 Å². The van der Waals surface area contributed by atoms with E-state index in [0.29, 0.717) is 30.0 Å². The molecule has 0 bridgehead atoms. The SMILES string of the molecule is CCCC(=O)N1N=C(c2cccc(F)c2)SC1(CCCN)c1ccccc1. The predicted octanol–water partition coefficient (Wildman–Crippen LogP) is 4.45. The first-order valence-corrected chi connectivity index (χ1v) is 10.0.